The predicted octanol–water partition coefficient (Wildman–Crippen LogP) is 2.09. The van der Waals surface area contributed by atoms with Crippen LogP contribution in [0.1, 0.15) is 30.1 Å². The highest BCUT2D eigenvalue weighted by Crippen LogP contribution is 2.20. The first-order valence-electron chi connectivity index (χ1n) is 6.54. The van der Waals surface area contributed by atoms with Crippen LogP contribution in [0, 0.1) is 0 Å². The molecule has 1 aliphatic heterocycles. The van der Waals surface area contributed by atoms with Gasteiger partial charge in [-0.15, -0.1) is 0 Å². The first kappa shape index (κ1) is 14.7. The van der Waals surface area contributed by atoms with Crippen molar-refractivity contribution in [2.45, 2.75) is 25.9 Å². The molecule has 0 radical (unpaired) electrons. The number of hydrogen-bond donors (Lipinski definition) is 1. The summed E-state index contributed by atoms with van der Waals surface area (Å²) in [6.45, 7) is 3.01. The second kappa shape index (κ2) is 6.13. The Bertz CT molecular complexity index is 527. The number of amides is 1. The van der Waals surface area contributed by atoms with E-state index in [1.165, 1.54) is 12.1 Å². The highest BCUT2D eigenvalue weighted by molar-refractivity contribution is 6.33. The van der Waals surface area contributed by atoms with Gasteiger partial charge in [-0.2, -0.15) is 0 Å². The van der Waals surface area contributed by atoms with E-state index in [2.05, 4.69) is 0 Å². The number of esters is 1. The molecule has 0 spiro atoms. The van der Waals surface area contributed by atoms with Crippen molar-refractivity contribution in [2.24, 2.45) is 0 Å². The van der Waals surface area contributed by atoms with Crippen molar-refractivity contribution in [3.8, 4) is 0 Å². The number of rotatable bonds is 3. The van der Waals surface area contributed by atoms with Crippen LogP contribution in [0.15, 0.2) is 18.2 Å². The molecule has 1 fully saturated rings. The minimum atomic E-state index is -0.821. The fourth-order valence-electron chi connectivity index (χ4n) is 2.17. The van der Waals surface area contributed by atoms with E-state index >= 15 is 0 Å². The average Bonchev–Trinajstić information content (AvgIpc) is 2.94. The Hall–Kier alpha value is -1.75. The molecule has 1 saturated heterocycles. The van der Waals surface area contributed by atoms with Gasteiger partial charge in [0.15, 0.2) is 6.10 Å². The number of nitrogens with two attached hydrogens (primary N) is 1. The molecule has 0 aromatic heterocycles. The topological polar surface area (TPSA) is 72.6 Å². The standard InChI is InChI=1S/C14H17ClN2O3/c1-9(13(18)17-6-2-3-7-17)20-14(19)11-8-10(16)4-5-12(11)15/h4-5,8-9H,2-3,6-7,16H2,1H3. The molecule has 20 heavy (non-hydrogen) atoms. The normalized spacial score (nSPS) is 16.0. The van der Waals surface area contributed by atoms with Gasteiger partial charge < -0.3 is 15.4 Å². The number of ether oxygens (including phenoxy) is 1. The Balaban J connectivity index is 2.03. The third-order valence-corrected chi connectivity index (χ3v) is 3.59. The lowest BCUT2D eigenvalue weighted by atomic mass is 10.2. The van der Waals surface area contributed by atoms with Gasteiger partial charge in [0, 0.05) is 18.8 Å². The van der Waals surface area contributed by atoms with Gasteiger partial charge in [-0.3, -0.25) is 4.79 Å². The van der Waals surface area contributed by atoms with Gasteiger partial charge in [0.05, 0.1) is 10.6 Å². The predicted molar refractivity (Wildman–Crippen MR) is 76.6 cm³/mol. The van der Waals surface area contributed by atoms with E-state index in [-0.39, 0.29) is 16.5 Å². The van der Waals surface area contributed by atoms with Crippen LogP contribution in [0.5, 0.6) is 0 Å². The van der Waals surface area contributed by atoms with E-state index < -0.39 is 12.1 Å². The van der Waals surface area contributed by atoms with E-state index in [9.17, 15) is 9.59 Å². The highest BCUT2D eigenvalue weighted by Gasteiger charge is 2.26. The maximum Gasteiger partial charge on any atom is 0.340 e. The third kappa shape index (κ3) is 3.22. The molecule has 0 bridgehead atoms. The molecule has 1 amide bonds. The van der Waals surface area contributed by atoms with Gasteiger partial charge in [-0.1, -0.05) is 11.6 Å². The quantitative estimate of drug-likeness (QED) is 0.685. The van der Waals surface area contributed by atoms with Crippen molar-refractivity contribution in [1.82, 2.24) is 4.90 Å². The van der Waals surface area contributed by atoms with Crippen LogP contribution >= 0.6 is 11.6 Å². The fourth-order valence-corrected chi connectivity index (χ4v) is 2.36. The molecule has 1 heterocycles. The molecule has 108 valence electrons. The number of carbonyl (C=O) groups is 2. The minimum Gasteiger partial charge on any atom is -0.449 e. The second-order valence-corrected chi connectivity index (χ2v) is 5.23. The molecular weight excluding hydrogens is 280 g/mol. The molecule has 1 aliphatic rings. The number of nitrogen functional groups attached to an aromatic ring is 1. The lowest BCUT2D eigenvalue weighted by Gasteiger charge is -2.20. The molecule has 0 aliphatic carbocycles. The van der Waals surface area contributed by atoms with Crippen molar-refractivity contribution in [1.29, 1.82) is 0 Å². The number of halogens is 1. The molecule has 1 unspecified atom stereocenters. The molecule has 2 rings (SSSR count). The van der Waals surface area contributed by atoms with Crippen molar-refractivity contribution < 1.29 is 14.3 Å². The summed E-state index contributed by atoms with van der Waals surface area (Å²) in [5.74, 6) is -0.807. The summed E-state index contributed by atoms with van der Waals surface area (Å²) in [4.78, 5) is 25.8. The lowest BCUT2D eigenvalue weighted by Crippen LogP contribution is -2.38. The van der Waals surface area contributed by atoms with Crippen molar-refractivity contribution in [3.63, 3.8) is 0 Å². The van der Waals surface area contributed by atoms with Crippen LogP contribution in [0.4, 0.5) is 5.69 Å². The molecule has 1 aromatic rings. The van der Waals surface area contributed by atoms with E-state index in [4.69, 9.17) is 22.1 Å². The molecule has 2 N–H and O–H groups in total. The van der Waals surface area contributed by atoms with Crippen LogP contribution in [0.25, 0.3) is 0 Å². The Morgan fingerprint density at radius 1 is 1.35 bits per heavy atom. The highest BCUT2D eigenvalue weighted by atomic mass is 35.5. The lowest BCUT2D eigenvalue weighted by molar-refractivity contribution is -0.138. The SMILES string of the molecule is CC(OC(=O)c1cc(N)ccc1Cl)C(=O)N1CCCC1. The maximum atomic E-state index is 12.1. The minimum absolute atomic E-state index is 0.170. The number of nitrogens with zero attached hydrogens (tertiary/aromatic N) is 1. The van der Waals surface area contributed by atoms with Crippen LogP contribution in [0.2, 0.25) is 5.02 Å². The largest absolute Gasteiger partial charge is 0.449 e. The Morgan fingerprint density at radius 3 is 2.65 bits per heavy atom. The van der Waals surface area contributed by atoms with Crippen molar-refractivity contribution >= 4 is 29.2 Å². The fraction of sp³-hybridized carbons (Fsp3) is 0.429. The van der Waals surface area contributed by atoms with Gasteiger partial charge in [0.2, 0.25) is 0 Å². The first-order chi connectivity index (χ1) is 9.49. The summed E-state index contributed by atoms with van der Waals surface area (Å²) in [6, 6.07) is 4.57. The second-order valence-electron chi connectivity index (χ2n) is 4.82. The van der Waals surface area contributed by atoms with Gasteiger partial charge in [0.25, 0.3) is 5.91 Å². The number of carbonyl (C=O) groups excluding carboxylic acids is 2. The van der Waals surface area contributed by atoms with Crippen LogP contribution in [-0.2, 0) is 9.53 Å². The molecule has 5 nitrogen and oxygen atoms in total. The number of hydrogen-bond acceptors (Lipinski definition) is 4. The summed E-state index contributed by atoms with van der Waals surface area (Å²) in [5.41, 5.74) is 6.20. The number of benzene rings is 1. The molecule has 0 saturated carbocycles. The molecule has 6 heteroatoms. The summed E-state index contributed by atoms with van der Waals surface area (Å²) in [7, 11) is 0. The zero-order valence-corrected chi connectivity index (χ0v) is 12.0. The average molecular weight is 297 g/mol. The maximum absolute atomic E-state index is 12.1. The van der Waals surface area contributed by atoms with Gasteiger partial charge in [-0.05, 0) is 38.0 Å². The zero-order valence-electron chi connectivity index (χ0n) is 11.3. The van der Waals surface area contributed by atoms with E-state index in [0.29, 0.717) is 5.69 Å². The molecule has 1 atom stereocenters. The van der Waals surface area contributed by atoms with E-state index in [0.717, 1.165) is 25.9 Å². The van der Waals surface area contributed by atoms with Gasteiger partial charge >= 0.3 is 5.97 Å². The van der Waals surface area contributed by atoms with Gasteiger partial charge in [-0.25, -0.2) is 4.79 Å². The first-order valence-corrected chi connectivity index (χ1v) is 6.91. The summed E-state index contributed by atoms with van der Waals surface area (Å²) in [6.07, 6.45) is 1.17. The molecule has 1 aromatic carbocycles. The zero-order chi connectivity index (χ0) is 14.7. The van der Waals surface area contributed by atoms with Crippen LogP contribution < -0.4 is 5.73 Å². The van der Waals surface area contributed by atoms with Crippen molar-refractivity contribution in [3.05, 3.63) is 28.8 Å². The third-order valence-electron chi connectivity index (χ3n) is 3.26. The summed E-state index contributed by atoms with van der Waals surface area (Å²) >= 11 is 5.93. The van der Waals surface area contributed by atoms with Crippen LogP contribution in [-0.4, -0.2) is 36.0 Å². The number of anilines is 1. The molecular formula is C14H17ClN2O3. The smallest absolute Gasteiger partial charge is 0.340 e. The Kier molecular flexibility index (Phi) is 4.49. The monoisotopic (exact) mass is 296 g/mol. The summed E-state index contributed by atoms with van der Waals surface area (Å²) in [5, 5.41) is 0.255. The number of likely N-dealkylation sites (tertiary alicyclic amines) is 1. The van der Waals surface area contributed by atoms with E-state index in [1.54, 1.807) is 17.9 Å². The van der Waals surface area contributed by atoms with Gasteiger partial charge in [0.1, 0.15) is 0 Å². The van der Waals surface area contributed by atoms with Crippen LogP contribution in [0.3, 0.4) is 0 Å². The Morgan fingerprint density at radius 2 is 2.00 bits per heavy atom. The van der Waals surface area contributed by atoms with E-state index in [1.807, 2.05) is 0 Å². The Labute approximate surface area is 122 Å². The van der Waals surface area contributed by atoms with Crippen molar-refractivity contribution in [2.75, 3.05) is 18.8 Å². The summed E-state index contributed by atoms with van der Waals surface area (Å²) < 4.78 is 5.18.